The first kappa shape index (κ1) is 6.86. The number of nitrogen functional groups attached to an aromatic ring is 1. The molecule has 0 aromatic carbocycles. The maximum atomic E-state index is 10.9. The van der Waals surface area contributed by atoms with Crippen LogP contribution in [0.4, 0.5) is 5.69 Å². The van der Waals surface area contributed by atoms with E-state index in [-0.39, 0.29) is 5.56 Å². The standard InChI is InChI=1S/C7H10N2O/c1-2-5-6(8)3-4-9-7(5)10/h3-4H,2H2,1H3,(H3,8,9,10). The molecule has 54 valence electrons. The molecule has 1 aromatic rings. The number of nitrogens with two attached hydrogens (primary N) is 1. The molecule has 1 aromatic heterocycles. The number of anilines is 1. The van der Waals surface area contributed by atoms with E-state index in [9.17, 15) is 4.79 Å². The molecule has 0 bridgehead atoms. The molecule has 0 saturated heterocycles. The Morgan fingerprint density at radius 1 is 1.70 bits per heavy atom. The van der Waals surface area contributed by atoms with Crippen LogP contribution in [0.1, 0.15) is 12.5 Å². The Morgan fingerprint density at radius 3 is 2.80 bits per heavy atom. The molecule has 3 heteroatoms. The van der Waals surface area contributed by atoms with Gasteiger partial charge in [0.2, 0.25) is 0 Å². The van der Waals surface area contributed by atoms with Gasteiger partial charge in [0.05, 0.1) is 0 Å². The molecule has 0 fully saturated rings. The zero-order chi connectivity index (χ0) is 7.56. The largest absolute Gasteiger partial charge is 0.398 e. The van der Waals surface area contributed by atoms with Gasteiger partial charge in [-0.1, -0.05) is 6.92 Å². The molecule has 3 nitrogen and oxygen atoms in total. The van der Waals surface area contributed by atoms with Crippen LogP contribution in [-0.4, -0.2) is 4.98 Å². The van der Waals surface area contributed by atoms with E-state index >= 15 is 0 Å². The summed E-state index contributed by atoms with van der Waals surface area (Å²) < 4.78 is 0. The minimum atomic E-state index is -0.0810. The third-order valence-corrected chi connectivity index (χ3v) is 1.45. The molecular formula is C7H10N2O. The molecule has 0 atom stereocenters. The van der Waals surface area contributed by atoms with Crippen LogP contribution in [0.5, 0.6) is 0 Å². The predicted molar refractivity (Wildman–Crippen MR) is 40.9 cm³/mol. The summed E-state index contributed by atoms with van der Waals surface area (Å²) in [6.45, 7) is 1.90. The van der Waals surface area contributed by atoms with Crippen LogP contribution in [0.25, 0.3) is 0 Å². The lowest BCUT2D eigenvalue weighted by atomic mass is 10.2. The molecule has 10 heavy (non-hydrogen) atoms. The molecule has 0 amide bonds. The molecule has 0 aliphatic rings. The van der Waals surface area contributed by atoms with Gasteiger partial charge < -0.3 is 10.7 Å². The highest BCUT2D eigenvalue weighted by Gasteiger charge is 1.98. The first-order chi connectivity index (χ1) is 4.75. The Hall–Kier alpha value is -1.25. The van der Waals surface area contributed by atoms with Crippen molar-refractivity contribution in [2.45, 2.75) is 13.3 Å². The minimum Gasteiger partial charge on any atom is -0.398 e. The smallest absolute Gasteiger partial charge is 0.253 e. The van der Waals surface area contributed by atoms with E-state index in [2.05, 4.69) is 4.98 Å². The summed E-state index contributed by atoms with van der Waals surface area (Å²) >= 11 is 0. The summed E-state index contributed by atoms with van der Waals surface area (Å²) in [5, 5.41) is 0. The van der Waals surface area contributed by atoms with Crippen LogP contribution in [0, 0.1) is 0 Å². The van der Waals surface area contributed by atoms with E-state index < -0.39 is 0 Å². The highest BCUT2D eigenvalue weighted by molar-refractivity contribution is 5.43. The molecule has 1 rings (SSSR count). The first-order valence-corrected chi connectivity index (χ1v) is 3.21. The first-order valence-electron chi connectivity index (χ1n) is 3.21. The van der Waals surface area contributed by atoms with Crippen LogP contribution >= 0.6 is 0 Å². The molecule has 0 saturated carbocycles. The Kier molecular flexibility index (Phi) is 1.76. The van der Waals surface area contributed by atoms with Crippen LogP contribution in [0.15, 0.2) is 17.1 Å². The zero-order valence-electron chi connectivity index (χ0n) is 5.85. The molecule has 0 radical (unpaired) electrons. The van der Waals surface area contributed by atoms with E-state index in [4.69, 9.17) is 5.73 Å². The van der Waals surface area contributed by atoms with E-state index in [1.807, 2.05) is 6.92 Å². The van der Waals surface area contributed by atoms with Gasteiger partial charge in [0.1, 0.15) is 0 Å². The van der Waals surface area contributed by atoms with Crippen molar-refractivity contribution >= 4 is 5.69 Å². The van der Waals surface area contributed by atoms with Crippen molar-refractivity contribution in [3.8, 4) is 0 Å². The highest BCUT2D eigenvalue weighted by Crippen LogP contribution is 2.03. The van der Waals surface area contributed by atoms with Crippen molar-refractivity contribution in [2.75, 3.05) is 5.73 Å². The lowest BCUT2D eigenvalue weighted by Gasteiger charge is -1.97. The van der Waals surface area contributed by atoms with Crippen molar-refractivity contribution in [2.24, 2.45) is 0 Å². The summed E-state index contributed by atoms with van der Waals surface area (Å²) in [6, 6.07) is 1.69. The number of aromatic amines is 1. The van der Waals surface area contributed by atoms with Gasteiger partial charge in [-0.25, -0.2) is 0 Å². The Balaban J connectivity index is 3.31. The molecule has 3 N–H and O–H groups in total. The topological polar surface area (TPSA) is 58.9 Å². The number of rotatable bonds is 1. The van der Waals surface area contributed by atoms with Crippen LogP contribution < -0.4 is 11.3 Å². The predicted octanol–water partition coefficient (Wildman–Crippen LogP) is 0.519. The number of aromatic nitrogens is 1. The maximum absolute atomic E-state index is 10.9. The normalized spacial score (nSPS) is 9.70. The Morgan fingerprint density at radius 2 is 2.40 bits per heavy atom. The summed E-state index contributed by atoms with van der Waals surface area (Å²) in [7, 11) is 0. The van der Waals surface area contributed by atoms with Crippen molar-refractivity contribution in [3.63, 3.8) is 0 Å². The molecule has 1 heterocycles. The second-order valence-corrected chi connectivity index (χ2v) is 2.09. The van der Waals surface area contributed by atoms with Crippen molar-refractivity contribution in [3.05, 3.63) is 28.2 Å². The fourth-order valence-electron chi connectivity index (χ4n) is 0.891. The SMILES string of the molecule is CCc1c(N)cc[nH]c1=O. The van der Waals surface area contributed by atoms with E-state index in [1.165, 1.54) is 0 Å². The molecule has 0 aliphatic heterocycles. The third-order valence-electron chi connectivity index (χ3n) is 1.45. The van der Waals surface area contributed by atoms with E-state index in [1.54, 1.807) is 12.3 Å². The lowest BCUT2D eigenvalue weighted by Crippen LogP contribution is -2.13. The van der Waals surface area contributed by atoms with Crippen molar-refractivity contribution in [1.82, 2.24) is 4.98 Å². The number of H-pyrrole nitrogens is 1. The summed E-state index contributed by atoms with van der Waals surface area (Å²) in [4.78, 5) is 13.5. The van der Waals surface area contributed by atoms with Gasteiger partial charge in [-0.3, -0.25) is 4.79 Å². The minimum absolute atomic E-state index is 0.0810. The van der Waals surface area contributed by atoms with Crippen LogP contribution in [0.2, 0.25) is 0 Å². The Bertz CT molecular complexity index is 277. The van der Waals surface area contributed by atoms with Gasteiger partial charge in [0.15, 0.2) is 0 Å². The number of nitrogens with one attached hydrogen (secondary N) is 1. The number of hydrogen-bond acceptors (Lipinski definition) is 2. The summed E-state index contributed by atoms with van der Waals surface area (Å²) in [5.41, 5.74) is 6.68. The summed E-state index contributed by atoms with van der Waals surface area (Å²) in [6.07, 6.45) is 2.23. The summed E-state index contributed by atoms with van der Waals surface area (Å²) in [5.74, 6) is 0. The second-order valence-electron chi connectivity index (χ2n) is 2.09. The van der Waals surface area contributed by atoms with Gasteiger partial charge in [0.25, 0.3) is 5.56 Å². The Labute approximate surface area is 58.9 Å². The second kappa shape index (κ2) is 2.56. The van der Waals surface area contributed by atoms with E-state index in [0.29, 0.717) is 17.7 Å². The fourth-order valence-corrected chi connectivity index (χ4v) is 0.891. The van der Waals surface area contributed by atoms with Crippen LogP contribution in [0.3, 0.4) is 0 Å². The average Bonchev–Trinajstić information content (AvgIpc) is 1.88. The molecular weight excluding hydrogens is 128 g/mol. The van der Waals surface area contributed by atoms with Crippen LogP contribution in [-0.2, 0) is 6.42 Å². The molecule has 0 aliphatic carbocycles. The van der Waals surface area contributed by atoms with Gasteiger partial charge in [-0.2, -0.15) is 0 Å². The lowest BCUT2D eigenvalue weighted by molar-refractivity contribution is 1.07. The molecule has 0 unspecified atom stereocenters. The van der Waals surface area contributed by atoms with Gasteiger partial charge in [0, 0.05) is 17.4 Å². The highest BCUT2D eigenvalue weighted by atomic mass is 16.1. The quantitative estimate of drug-likeness (QED) is 0.594. The van der Waals surface area contributed by atoms with E-state index in [0.717, 1.165) is 0 Å². The molecule has 0 spiro atoms. The van der Waals surface area contributed by atoms with Gasteiger partial charge >= 0.3 is 0 Å². The maximum Gasteiger partial charge on any atom is 0.253 e. The van der Waals surface area contributed by atoms with Crippen molar-refractivity contribution < 1.29 is 0 Å². The zero-order valence-corrected chi connectivity index (χ0v) is 5.85. The van der Waals surface area contributed by atoms with Gasteiger partial charge in [-0.05, 0) is 12.5 Å². The third kappa shape index (κ3) is 1.03. The average molecular weight is 138 g/mol. The monoisotopic (exact) mass is 138 g/mol. The van der Waals surface area contributed by atoms with Gasteiger partial charge in [-0.15, -0.1) is 0 Å². The van der Waals surface area contributed by atoms with Crippen molar-refractivity contribution in [1.29, 1.82) is 0 Å². The number of pyridine rings is 1. The number of hydrogen-bond donors (Lipinski definition) is 2. The fraction of sp³-hybridized carbons (Fsp3) is 0.286.